The lowest BCUT2D eigenvalue weighted by molar-refractivity contribution is 0.209. The Hall–Kier alpha value is -0.170. The first-order chi connectivity index (χ1) is 8.15. The molecule has 2 fully saturated rings. The molecule has 0 spiro atoms. The molecule has 2 heterocycles. The first kappa shape index (κ1) is 13.3. The lowest BCUT2D eigenvalue weighted by Crippen LogP contribution is -2.55. The summed E-state index contributed by atoms with van der Waals surface area (Å²) < 4.78 is 28.6. The molecular formula is C11H23N3O2S. The van der Waals surface area contributed by atoms with E-state index in [-0.39, 0.29) is 6.04 Å². The van der Waals surface area contributed by atoms with E-state index in [0.29, 0.717) is 19.1 Å². The van der Waals surface area contributed by atoms with Crippen molar-refractivity contribution < 1.29 is 8.42 Å². The van der Waals surface area contributed by atoms with Gasteiger partial charge in [0.2, 0.25) is 0 Å². The van der Waals surface area contributed by atoms with E-state index in [0.717, 1.165) is 38.6 Å². The Kier molecular flexibility index (Phi) is 4.41. The average molecular weight is 261 g/mol. The molecule has 2 aliphatic heterocycles. The van der Waals surface area contributed by atoms with Gasteiger partial charge in [0.15, 0.2) is 0 Å². The predicted molar refractivity (Wildman–Crippen MR) is 68.0 cm³/mol. The van der Waals surface area contributed by atoms with Gasteiger partial charge in [0, 0.05) is 25.2 Å². The molecule has 0 radical (unpaired) electrons. The maximum atomic E-state index is 12.1. The second-order valence-corrected chi connectivity index (χ2v) is 6.59. The monoisotopic (exact) mass is 261 g/mol. The zero-order chi connectivity index (χ0) is 12.3. The Morgan fingerprint density at radius 3 is 2.76 bits per heavy atom. The summed E-state index contributed by atoms with van der Waals surface area (Å²) in [6.07, 6.45) is 5.37. The van der Waals surface area contributed by atoms with Crippen molar-refractivity contribution in [3.8, 4) is 0 Å². The van der Waals surface area contributed by atoms with E-state index in [4.69, 9.17) is 0 Å². The SMILES string of the molecule is CCNS(=O)(=O)N1CCCCC1C1CCCN1. The molecule has 2 unspecified atom stereocenters. The first-order valence-electron chi connectivity index (χ1n) is 6.65. The number of hydrogen-bond acceptors (Lipinski definition) is 3. The molecule has 2 N–H and O–H groups in total. The fraction of sp³-hybridized carbons (Fsp3) is 1.00. The number of rotatable bonds is 4. The zero-order valence-corrected chi connectivity index (χ0v) is 11.3. The van der Waals surface area contributed by atoms with E-state index in [9.17, 15) is 8.42 Å². The second kappa shape index (κ2) is 5.65. The molecule has 0 aromatic heterocycles. The van der Waals surface area contributed by atoms with Crippen molar-refractivity contribution in [1.29, 1.82) is 0 Å². The van der Waals surface area contributed by atoms with Gasteiger partial charge in [-0.25, -0.2) is 4.72 Å². The summed E-state index contributed by atoms with van der Waals surface area (Å²) in [7, 11) is -3.28. The van der Waals surface area contributed by atoms with Crippen LogP contribution in [-0.2, 0) is 10.2 Å². The third kappa shape index (κ3) is 2.99. The predicted octanol–water partition coefficient (Wildman–Crippen LogP) is 0.447. The Bertz CT molecular complexity index is 339. The lowest BCUT2D eigenvalue weighted by atomic mass is 9.97. The van der Waals surface area contributed by atoms with Crippen LogP contribution in [0.15, 0.2) is 0 Å². The number of piperidine rings is 1. The molecule has 5 nitrogen and oxygen atoms in total. The van der Waals surface area contributed by atoms with Gasteiger partial charge in [-0.2, -0.15) is 12.7 Å². The van der Waals surface area contributed by atoms with Crippen LogP contribution in [-0.4, -0.2) is 44.4 Å². The normalized spacial score (nSPS) is 31.8. The van der Waals surface area contributed by atoms with Crippen LogP contribution < -0.4 is 10.0 Å². The van der Waals surface area contributed by atoms with Crippen molar-refractivity contribution in [1.82, 2.24) is 14.3 Å². The summed E-state index contributed by atoms with van der Waals surface area (Å²) in [4.78, 5) is 0. The topological polar surface area (TPSA) is 61.4 Å². The summed E-state index contributed by atoms with van der Waals surface area (Å²) in [5, 5.41) is 3.44. The highest BCUT2D eigenvalue weighted by molar-refractivity contribution is 7.87. The first-order valence-corrected chi connectivity index (χ1v) is 8.09. The summed E-state index contributed by atoms with van der Waals surface area (Å²) in [6, 6.07) is 0.499. The molecule has 0 bridgehead atoms. The molecule has 0 saturated carbocycles. The molecule has 2 aliphatic rings. The van der Waals surface area contributed by atoms with Gasteiger partial charge >= 0.3 is 0 Å². The maximum Gasteiger partial charge on any atom is 0.279 e. The highest BCUT2D eigenvalue weighted by Gasteiger charge is 2.37. The Labute approximate surface area is 104 Å². The van der Waals surface area contributed by atoms with E-state index >= 15 is 0 Å². The number of nitrogens with zero attached hydrogens (tertiary/aromatic N) is 1. The van der Waals surface area contributed by atoms with Crippen LogP contribution in [0.25, 0.3) is 0 Å². The third-order valence-electron chi connectivity index (χ3n) is 3.70. The Morgan fingerprint density at radius 2 is 2.12 bits per heavy atom. The highest BCUT2D eigenvalue weighted by atomic mass is 32.2. The van der Waals surface area contributed by atoms with E-state index in [1.165, 1.54) is 0 Å². The standard InChI is InChI=1S/C11H23N3O2S/c1-2-13-17(15,16)14-9-4-3-7-11(14)10-6-5-8-12-10/h10-13H,2-9H2,1H3. The van der Waals surface area contributed by atoms with Gasteiger partial charge < -0.3 is 5.32 Å². The molecule has 2 rings (SSSR count). The van der Waals surface area contributed by atoms with Crippen molar-refractivity contribution in [2.75, 3.05) is 19.6 Å². The Balaban J connectivity index is 2.11. The molecule has 0 aliphatic carbocycles. The smallest absolute Gasteiger partial charge is 0.279 e. The fourth-order valence-corrected chi connectivity index (χ4v) is 4.45. The van der Waals surface area contributed by atoms with Crippen LogP contribution in [0.3, 0.4) is 0 Å². The molecule has 2 atom stereocenters. The highest BCUT2D eigenvalue weighted by Crippen LogP contribution is 2.25. The van der Waals surface area contributed by atoms with Gasteiger partial charge in [0.1, 0.15) is 0 Å². The van der Waals surface area contributed by atoms with E-state index in [1.807, 2.05) is 6.92 Å². The van der Waals surface area contributed by atoms with Crippen LogP contribution in [0.1, 0.15) is 39.0 Å². The van der Waals surface area contributed by atoms with E-state index in [1.54, 1.807) is 4.31 Å². The van der Waals surface area contributed by atoms with E-state index in [2.05, 4.69) is 10.0 Å². The molecule has 0 amide bonds. The number of nitrogens with one attached hydrogen (secondary N) is 2. The molecule has 2 saturated heterocycles. The number of hydrogen-bond donors (Lipinski definition) is 2. The largest absolute Gasteiger partial charge is 0.312 e. The minimum atomic E-state index is -3.28. The van der Waals surface area contributed by atoms with Crippen LogP contribution in [0.2, 0.25) is 0 Å². The van der Waals surface area contributed by atoms with Gasteiger partial charge in [-0.05, 0) is 32.2 Å². The maximum absolute atomic E-state index is 12.1. The van der Waals surface area contributed by atoms with Gasteiger partial charge in [0.05, 0.1) is 0 Å². The van der Waals surface area contributed by atoms with Crippen molar-refractivity contribution in [3.05, 3.63) is 0 Å². The average Bonchev–Trinajstić information content (AvgIpc) is 2.82. The van der Waals surface area contributed by atoms with Crippen LogP contribution >= 0.6 is 0 Å². The van der Waals surface area contributed by atoms with E-state index < -0.39 is 10.2 Å². The van der Waals surface area contributed by atoms with Gasteiger partial charge in [-0.15, -0.1) is 0 Å². The fourth-order valence-electron chi connectivity index (χ4n) is 2.94. The van der Waals surface area contributed by atoms with Gasteiger partial charge in [-0.1, -0.05) is 13.3 Å². The minimum Gasteiger partial charge on any atom is -0.312 e. The summed E-state index contributed by atoms with van der Waals surface area (Å²) in [5.41, 5.74) is 0. The van der Waals surface area contributed by atoms with Gasteiger partial charge in [0.25, 0.3) is 10.2 Å². The van der Waals surface area contributed by atoms with Crippen molar-refractivity contribution >= 4 is 10.2 Å². The van der Waals surface area contributed by atoms with Crippen LogP contribution in [0.4, 0.5) is 0 Å². The van der Waals surface area contributed by atoms with Crippen molar-refractivity contribution in [3.63, 3.8) is 0 Å². The molecule has 0 aromatic rings. The van der Waals surface area contributed by atoms with Crippen LogP contribution in [0.5, 0.6) is 0 Å². The quantitative estimate of drug-likeness (QED) is 0.772. The molecule has 100 valence electrons. The summed E-state index contributed by atoms with van der Waals surface area (Å²) in [6.45, 7) is 3.97. The Morgan fingerprint density at radius 1 is 1.29 bits per heavy atom. The van der Waals surface area contributed by atoms with Crippen LogP contribution in [0, 0.1) is 0 Å². The molecule has 17 heavy (non-hydrogen) atoms. The lowest BCUT2D eigenvalue weighted by Gasteiger charge is -2.38. The molecule has 0 aromatic carbocycles. The minimum absolute atomic E-state index is 0.148. The zero-order valence-electron chi connectivity index (χ0n) is 10.5. The third-order valence-corrected chi connectivity index (χ3v) is 5.42. The van der Waals surface area contributed by atoms with Crippen molar-refractivity contribution in [2.24, 2.45) is 0 Å². The van der Waals surface area contributed by atoms with Crippen molar-refractivity contribution in [2.45, 2.75) is 51.1 Å². The summed E-state index contributed by atoms with van der Waals surface area (Å²) in [5.74, 6) is 0. The summed E-state index contributed by atoms with van der Waals surface area (Å²) >= 11 is 0. The van der Waals surface area contributed by atoms with Gasteiger partial charge in [-0.3, -0.25) is 0 Å². The molecule has 6 heteroatoms. The molecular weight excluding hydrogens is 238 g/mol. The second-order valence-electron chi connectivity index (χ2n) is 4.88.